The normalized spacial score (nSPS) is 13.2. The molecule has 0 aromatic rings. The smallest absolute Gasteiger partial charge is 0.270 e. The standard InChI is InChI=1S/C7H14F2O6S2.C5H8F4O6S2/c8-2-6-16(10,11)14-4-1-5-15-17(12,13)7-3-9;6-4(7)16(10,11)14-2-1-3-15-17(12,13)5(8)9/h1-7H2;4-5H,1-3H2. The first-order valence-corrected chi connectivity index (χ1v) is 14.7. The van der Waals surface area contributed by atoms with E-state index in [1.165, 1.54) is 0 Å². The molecule has 0 spiro atoms. The fraction of sp³-hybridized carbons (Fsp3) is 1.00. The Kier molecular flexibility index (Phi) is 17.5. The van der Waals surface area contributed by atoms with Gasteiger partial charge in [0.2, 0.25) is 0 Å². The molecule has 0 saturated heterocycles. The second-order valence-corrected chi connectivity index (χ2v) is 12.1. The van der Waals surface area contributed by atoms with Crippen molar-refractivity contribution in [3.8, 4) is 0 Å². The minimum atomic E-state index is -5.02. The van der Waals surface area contributed by atoms with Gasteiger partial charge in [0.1, 0.15) is 24.9 Å². The summed E-state index contributed by atoms with van der Waals surface area (Å²) in [5.74, 6) is -8.94. The quantitative estimate of drug-likeness (QED) is 0.121. The predicted octanol–water partition coefficient (Wildman–Crippen LogP) is 0.523. The predicted molar refractivity (Wildman–Crippen MR) is 102 cm³/mol. The van der Waals surface area contributed by atoms with E-state index in [-0.39, 0.29) is 19.6 Å². The van der Waals surface area contributed by atoms with Crippen LogP contribution in [0.1, 0.15) is 12.8 Å². The van der Waals surface area contributed by atoms with Gasteiger partial charge < -0.3 is 0 Å². The zero-order valence-corrected chi connectivity index (χ0v) is 20.3. The summed E-state index contributed by atoms with van der Waals surface area (Å²) in [4.78, 5) is 0. The summed E-state index contributed by atoms with van der Waals surface area (Å²) in [5, 5.41) is 0. The summed E-state index contributed by atoms with van der Waals surface area (Å²) in [5.41, 5.74) is 0. The van der Waals surface area contributed by atoms with Crippen molar-refractivity contribution in [2.45, 2.75) is 24.4 Å². The van der Waals surface area contributed by atoms with E-state index in [0.29, 0.717) is 0 Å². The number of hydrogen-bond acceptors (Lipinski definition) is 12. The molecule has 208 valence electrons. The highest BCUT2D eigenvalue weighted by Crippen LogP contribution is 2.09. The van der Waals surface area contributed by atoms with Crippen molar-refractivity contribution < 1.29 is 76.7 Å². The molecule has 0 aromatic heterocycles. The maximum atomic E-state index is 11.7. The third-order valence-electron chi connectivity index (χ3n) is 2.69. The van der Waals surface area contributed by atoms with Gasteiger partial charge in [-0.25, -0.2) is 8.78 Å². The Morgan fingerprint density at radius 1 is 0.500 bits per heavy atom. The molecule has 0 aliphatic carbocycles. The Morgan fingerprint density at radius 2 is 0.765 bits per heavy atom. The zero-order valence-electron chi connectivity index (χ0n) is 17.0. The lowest BCUT2D eigenvalue weighted by Gasteiger charge is -2.05. The SMILES string of the molecule is O=S(=O)(CCF)OCCCOS(=O)(=O)CCF.O=S(=O)(OCCCOS(=O)(=O)C(F)F)C(F)F. The number of alkyl halides is 6. The lowest BCUT2D eigenvalue weighted by Crippen LogP contribution is -2.18. The van der Waals surface area contributed by atoms with Crippen LogP contribution < -0.4 is 0 Å². The average molecular weight is 601 g/mol. The summed E-state index contributed by atoms with van der Waals surface area (Å²) in [6, 6.07) is 0. The average Bonchev–Trinajstić information content (AvgIpc) is 2.67. The summed E-state index contributed by atoms with van der Waals surface area (Å²) in [6.45, 7) is -4.33. The van der Waals surface area contributed by atoms with Crippen LogP contribution in [0.3, 0.4) is 0 Å². The highest BCUT2D eigenvalue weighted by atomic mass is 32.2. The van der Waals surface area contributed by atoms with E-state index in [1.54, 1.807) is 0 Å². The molecule has 22 heteroatoms. The van der Waals surface area contributed by atoms with Gasteiger partial charge in [0, 0.05) is 0 Å². The second kappa shape index (κ2) is 16.8. The third kappa shape index (κ3) is 18.5. The topological polar surface area (TPSA) is 173 Å². The van der Waals surface area contributed by atoms with Gasteiger partial charge in [-0.1, -0.05) is 0 Å². The maximum absolute atomic E-state index is 11.7. The first-order valence-electron chi connectivity index (χ1n) is 8.61. The van der Waals surface area contributed by atoms with Crippen molar-refractivity contribution in [2.75, 3.05) is 51.3 Å². The van der Waals surface area contributed by atoms with E-state index >= 15 is 0 Å². The minimum Gasteiger partial charge on any atom is -0.270 e. The van der Waals surface area contributed by atoms with Gasteiger partial charge in [-0.2, -0.15) is 51.2 Å². The Morgan fingerprint density at radius 3 is 1.00 bits per heavy atom. The lowest BCUT2D eigenvalue weighted by atomic mass is 10.5. The van der Waals surface area contributed by atoms with Crippen molar-refractivity contribution in [1.82, 2.24) is 0 Å². The Hall–Kier alpha value is -0.780. The van der Waals surface area contributed by atoms with Gasteiger partial charge in [-0.3, -0.25) is 16.7 Å². The fourth-order valence-corrected chi connectivity index (χ4v) is 3.51. The fourth-order valence-electron chi connectivity index (χ4n) is 1.25. The van der Waals surface area contributed by atoms with E-state index in [4.69, 9.17) is 0 Å². The molecular weight excluding hydrogens is 578 g/mol. The molecule has 0 aliphatic rings. The molecule has 0 unspecified atom stereocenters. The molecular formula is C12H22F6O12S4. The van der Waals surface area contributed by atoms with Crippen LogP contribution in [0.5, 0.6) is 0 Å². The summed E-state index contributed by atoms with van der Waals surface area (Å²) >= 11 is 0. The summed E-state index contributed by atoms with van der Waals surface area (Å²) in [7, 11) is -17.8. The van der Waals surface area contributed by atoms with E-state index in [0.717, 1.165) is 0 Å². The maximum Gasteiger partial charge on any atom is 0.361 e. The molecule has 12 nitrogen and oxygen atoms in total. The first-order chi connectivity index (χ1) is 15.4. The highest BCUT2D eigenvalue weighted by molar-refractivity contribution is 7.87. The highest BCUT2D eigenvalue weighted by Gasteiger charge is 2.26. The van der Waals surface area contributed by atoms with Crippen molar-refractivity contribution >= 4 is 40.5 Å². The molecule has 0 bridgehead atoms. The van der Waals surface area contributed by atoms with Gasteiger partial charge in [-0.15, -0.1) is 0 Å². The molecule has 0 N–H and O–H groups in total. The third-order valence-corrected chi connectivity index (χ3v) is 6.91. The van der Waals surface area contributed by atoms with Gasteiger partial charge in [-0.05, 0) is 12.8 Å². The molecule has 0 aliphatic heterocycles. The molecule has 0 amide bonds. The second-order valence-electron chi connectivity index (χ2n) is 5.40. The molecule has 0 atom stereocenters. The van der Waals surface area contributed by atoms with Gasteiger partial charge in [0.05, 0.1) is 26.4 Å². The van der Waals surface area contributed by atoms with Crippen LogP contribution in [0.2, 0.25) is 0 Å². The van der Waals surface area contributed by atoms with Crippen molar-refractivity contribution in [2.24, 2.45) is 0 Å². The van der Waals surface area contributed by atoms with Crippen molar-refractivity contribution in [1.29, 1.82) is 0 Å². The van der Waals surface area contributed by atoms with Crippen molar-refractivity contribution in [3.63, 3.8) is 0 Å². The van der Waals surface area contributed by atoms with Crippen LogP contribution in [-0.2, 0) is 57.2 Å². The number of halogens is 6. The minimum absolute atomic E-state index is 0.0168. The van der Waals surface area contributed by atoms with Crippen LogP contribution in [0.15, 0.2) is 0 Å². The van der Waals surface area contributed by atoms with Crippen LogP contribution >= 0.6 is 0 Å². The number of rotatable bonds is 18. The molecule has 0 fully saturated rings. The van der Waals surface area contributed by atoms with Crippen LogP contribution in [-0.4, -0.2) is 96.5 Å². The molecule has 0 radical (unpaired) electrons. The van der Waals surface area contributed by atoms with E-state index < -0.39 is 96.5 Å². The van der Waals surface area contributed by atoms with Gasteiger partial charge in [0.25, 0.3) is 20.2 Å². The number of hydrogen-bond donors (Lipinski definition) is 0. The van der Waals surface area contributed by atoms with Crippen LogP contribution in [0, 0.1) is 0 Å². The summed E-state index contributed by atoms with van der Waals surface area (Å²) in [6.07, 6.45) is -0.477. The Balaban J connectivity index is 0. The molecule has 0 aromatic carbocycles. The monoisotopic (exact) mass is 600 g/mol. The Bertz CT molecular complexity index is 889. The molecule has 0 saturated carbocycles. The van der Waals surface area contributed by atoms with Crippen LogP contribution in [0.4, 0.5) is 26.3 Å². The zero-order chi connectivity index (χ0) is 27.1. The van der Waals surface area contributed by atoms with Gasteiger partial charge >= 0.3 is 31.8 Å². The van der Waals surface area contributed by atoms with E-state index in [2.05, 4.69) is 16.7 Å². The van der Waals surface area contributed by atoms with Crippen molar-refractivity contribution in [3.05, 3.63) is 0 Å². The van der Waals surface area contributed by atoms with E-state index in [9.17, 15) is 60.0 Å². The van der Waals surface area contributed by atoms with E-state index in [1.807, 2.05) is 0 Å². The van der Waals surface area contributed by atoms with Crippen LogP contribution in [0.25, 0.3) is 0 Å². The molecule has 34 heavy (non-hydrogen) atoms. The Labute approximate surface area is 193 Å². The first kappa shape index (κ1) is 35.4. The molecule has 0 rings (SSSR count). The largest absolute Gasteiger partial charge is 0.361 e. The van der Waals surface area contributed by atoms with Gasteiger partial charge in [0.15, 0.2) is 0 Å². The lowest BCUT2D eigenvalue weighted by molar-refractivity contribution is 0.177. The molecule has 0 heterocycles. The summed E-state index contributed by atoms with van der Waals surface area (Å²) < 4.78 is 171.